The largest absolute Gasteiger partial charge is 0.345 e. The quantitative estimate of drug-likeness (QED) is 0.459. The minimum absolute atomic E-state index is 0.0446. The summed E-state index contributed by atoms with van der Waals surface area (Å²) in [6.45, 7) is 1.78. The van der Waals surface area contributed by atoms with E-state index in [0.29, 0.717) is 10.9 Å². The topological polar surface area (TPSA) is 93.1 Å². The van der Waals surface area contributed by atoms with E-state index in [2.05, 4.69) is 24.4 Å². The van der Waals surface area contributed by atoms with Gasteiger partial charge in [0.25, 0.3) is 0 Å². The van der Waals surface area contributed by atoms with Crippen LogP contribution in [0, 0.1) is 5.92 Å². The predicted molar refractivity (Wildman–Crippen MR) is 117 cm³/mol. The van der Waals surface area contributed by atoms with Crippen LogP contribution in [-0.4, -0.2) is 47.8 Å². The Bertz CT molecular complexity index is 1490. The van der Waals surface area contributed by atoms with Crippen LogP contribution in [0.25, 0.3) is 38.7 Å². The SMILES string of the molecule is Cn1cc2c(Cl)c(-c3c[nH]c4nc(N5CC6CC6(N)C5)n5ccnc5c34)ccc2n1. The standard InChI is InChI=1S/C21H19ClN8/c1-28-9-14-15(27-28)3-2-12(17(14)22)13-7-25-18-16(13)19-24-4-5-30(19)20(26-18)29-8-11-6-21(11,23)10-29/h2-5,7,9,11,25H,6,8,10,23H2,1H3. The molecule has 9 heteroatoms. The van der Waals surface area contributed by atoms with Gasteiger partial charge in [0, 0.05) is 67.0 Å². The smallest absolute Gasteiger partial charge is 0.213 e. The number of halogens is 1. The lowest BCUT2D eigenvalue weighted by atomic mass is 10.0. The van der Waals surface area contributed by atoms with Gasteiger partial charge in [-0.1, -0.05) is 17.7 Å². The summed E-state index contributed by atoms with van der Waals surface area (Å²) in [5.41, 5.74) is 10.8. The van der Waals surface area contributed by atoms with Crippen LogP contribution >= 0.6 is 11.6 Å². The number of H-pyrrole nitrogens is 1. The minimum atomic E-state index is -0.0446. The molecule has 1 aliphatic carbocycles. The zero-order valence-electron chi connectivity index (χ0n) is 16.3. The maximum Gasteiger partial charge on any atom is 0.213 e. The zero-order valence-corrected chi connectivity index (χ0v) is 17.1. The molecule has 0 radical (unpaired) electrons. The van der Waals surface area contributed by atoms with Crippen molar-refractivity contribution in [1.82, 2.24) is 29.1 Å². The molecule has 0 bridgehead atoms. The Morgan fingerprint density at radius 2 is 2.20 bits per heavy atom. The van der Waals surface area contributed by atoms with Crippen LogP contribution in [0.2, 0.25) is 5.02 Å². The van der Waals surface area contributed by atoms with Gasteiger partial charge < -0.3 is 15.6 Å². The van der Waals surface area contributed by atoms with Gasteiger partial charge in [-0.25, -0.2) is 4.98 Å². The molecule has 3 N–H and O–H groups in total. The molecule has 5 heterocycles. The van der Waals surface area contributed by atoms with E-state index in [9.17, 15) is 0 Å². The van der Waals surface area contributed by atoms with Gasteiger partial charge in [0.1, 0.15) is 5.65 Å². The molecule has 1 aromatic carbocycles. The summed E-state index contributed by atoms with van der Waals surface area (Å²) in [6, 6.07) is 4.01. The molecule has 2 atom stereocenters. The zero-order chi connectivity index (χ0) is 20.2. The number of imidazole rings is 1. The van der Waals surface area contributed by atoms with Crippen LogP contribution in [0.1, 0.15) is 6.42 Å². The van der Waals surface area contributed by atoms with E-state index in [-0.39, 0.29) is 5.54 Å². The lowest BCUT2D eigenvalue weighted by Gasteiger charge is -2.21. The molecule has 2 fully saturated rings. The average Bonchev–Trinajstić information content (AvgIpc) is 3.26. The van der Waals surface area contributed by atoms with E-state index in [1.807, 2.05) is 44.0 Å². The van der Waals surface area contributed by atoms with Gasteiger partial charge in [-0.15, -0.1) is 0 Å². The second-order valence-corrected chi connectivity index (χ2v) is 9.01. The first kappa shape index (κ1) is 16.7. The molecule has 1 saturated heterocycles. The van der Waals surface area contributed by atoms with E-state index in [4.69, 9.17) is 22.3 Å². The Balaban J connectivity index is 1.45. The van der Waals surface area contributed by atoms with Crippen LogP contribution in [0.15, 0.2) is 36.9 Å². The molecule has 8 nitrogen and oxygen atoms in total. The van der Waals surface area contributed by atoms with Gasteiger partial charge in [-0.2, -0.15) is 10.1 Å². The summed E-state index contributed by atoms with van der Waals surface area (Å²) in [4.78, 5) is 15.2. The van der Waals surface area contributed by atoms with Crippen molar-refractivity contribution in [3.05, 3.63) is 41.9 Å². The number of nitrogens with two attached hydrogens (primary N) is 1. The van der Waals surface area contributed by atoms with Crippen molar-refractivity contribution in [2.24, 2.45) is 18.7 Å². The summed E-state index contributed by atoms with van der Waals surface area (Å²) in [5, 5.41) is 7.02. The van der Waals surface area contributed by atoms with Gasteiger partial charge >= 0.3 is 0 Å². The highest BCUT2D eigenvalue weighted by Gasteiger charge is 2.57. The third kappa shape index (κ3) is 2.07. The third-order valence-electron chi connectivity index (χ3n) is 6.67. The monoisotopic (exact) mass is 418 g/mol. The lowest BCUT2D eigenvalue weighted by molar-refractivity contribution is 0.691. The highest BCUT2D eigenvalue weighted by atomic mass is 35.5. The molecule has 1 saturated carbocycles. The Hall–Kier alpha value is -3.10. The Morgan fingerprint density at radius 3 is 3.03 bits per heavy atom. The molecular weight excluding hydrogens is 400 g/mol. The molecule has 150 valence electrons. The Kier molecular flexibility index (Phi) is 2.96. The first-order valence-electron chi connectivity index (χ1n) is 10.0. The second kappa shape index (κ2) is 5.33. The van der Waals surface area contributed by atoms with E-state index >= 15 is 0 Å². The predicted octanol–water partition coefficient (Wildman–Crippen LogP) is 2.96. The average molecular weight is 419 g/mol. The van der Waals surface area contributed by atoms with Crippen LogP contribution in [0.4, 0.5) is 5.95 Å². The maximum atomic E-state index is 6.81. The molecule has 7 rings (SSSR count). The first-order valence-corrected chi connectivity index (χ1v) is 10.4. The number of nitrogens with zero attached hydrogens (tertiary/aromatic N) is 6. The van der Waals surface area contributed by atoms with E-state index in [0.717, 1.165) is 64.2 Å². The first-order chi connectivity index (χ1) is 14.5. The molecule has 2 aliphatic rings. The number of anilines is 1. The fourth-order valence-electron chi connectivity index (χ4n) is 5.03. The van der Waals surface area contributed by atoms with Crippen molar-refractivity contribution < 1.29 is 0 Å². The maximum absolute atomic E-state index is 6.81. The van der Waals surface area contributed by atoms with Gasteiger partial charge in [-0.05, 0) is 18.4 Å². The Labute approximate surface area is 176 Å². The number of hydrogen-bond donors (Lipinski definition) is 2. The molecule has 30 heavy (non-hydrogen) atoms. The van der Waals surface area contributed by atoms with Crippen molar-refractivity contribution in [3.8, 4) is 11.1 Å². The third-order valence-corrected chi connectivity index (χ3v) is 7.07. The lowest BCUT2D eigenvalue weighted by Crippen LogP contribution is -2.34. The van der Waals surface area contributed by atoms with Crippen LogP contribution in [-0.2, 0) is 7.05 Å². The van der Waals surface area contributed by atoms with Crippen LogP contribution in [0.5, 0.6) is 0 Å². The van der Waals surface area contributed by atoms with E-state index < -0.39 is 0 Å². The number of fused-ring (bicyclic) bond motifs is 5. The number of aromatic nitrogens is 6. The van der Waals surface area contributed by atoms with Gasteiger partial charge in [0.15, 0.2) is 5.65 Å². The number of hydrogen-bond acceptors (Lipinski definition) is 5. The van der Waals surface area contributed by atoms with Crippen molar-refractivity contribution in [2.45, 2.75) is 12.0 Å². The fourth-order valence-corrected chi connectivity index (χ4v) is 5.34. The summed E-state index contributed by atoms with van der Waals surface area (Å²) in [5.74, 6) is 1.45. The van der Waals surface area contributed by atoms with Crippen molar-refractivity contribution in [3.63, 3.8) is 0 Å². The van der Waals surface area contributed by atoms with Gasteiger partial charge in [-0.3, -0.25) is 9.08 Å². The summed E-state index contributed by atoms with van der Waals surface area (Å²) in [7, 11) is 1.90. The molecule has 4 aromatic heterocycles. The molecule has 1 aliphatic heterocycles. The number of piperidine rings is 1. The van der Waals surface area contributed by atoms with E-state index in [1.165, 1.54) is 0 Å². The highest BCUT2D eigenvalue weighted by molar-refractivity contribution is 6.38. The van der Waals surface area contributed by atoms with Crippen molar-refractivity contribution in [1.29, 1.82) is 0 Å². The molecule has 0 spiro atoms. The second-order valence-electron chi connectivity index (χ2n) is 8.64. The van der Waals surface area contributed by atoms with E-state index in [1.54, 1.807) is 4.68 Å². The van der Waals surface area contributed by atoms with Gasteiger partial charge in [0.2, 0.25) is 5.95 Å². The number of aryl methyl sites for hydroxylation is 1. The summed E-state index contributed by atoms with van der Waals surface area (Å²) < 4.78 is 3.84. The summed E-state index contributed by atoms with van der Waals surface area (Å²) >= 11 is 6.81. The number of benzene rings is 1. The van der Waals surface area contributed by atoms with Crippen LogP contribution < -0.4 is 10.6 Å². The molecule has 5 aromatic rings. The normalized spacial score (nSPS) is 23.2. The van der Waals surface area contributed by atoms with Crippen molar-refractivity contribution in [2.75, 3.05) is 18.0 Å². The minimum Gasteiger partial charge on any atom is -0.345 e. The molecule has 0 amide bonds. The number of rotatable bonds is 2. The van der Waals surface area contributed by atoms with Gasteiger partial charge in [0.05, 0.1) is 15.9 Å². The number of nitrogens with one attached hydrogen (secondary N) is 1. The van der Waals surface area contributed by atoms with Crippen LogP contribution in [0.3, 0.4) is 0 Å². The number of aromatic amines is 1. The van der Waals surface area contributed by atoms with Crippen molar-refractivity contribution >= 4 is 45.1 Å². The fraction of sp³-hybridized carbons (Fsp3) is 0.286. The Morgan fingerprint density at radius 1 is 1.30 bits per heavy atom. The molecular formula is C21H19ClN8. The highest BCUT2D eigenvalue weighted by Crippen LogP contribution is 2.48. The molecule has 2 unspecified atom stereocenters. The summed E-state index contributed by atoms with van der Waals surface area (Å²) in [6.07, 6.45) is 8.80.